The molecule has 228 valence electrons. The van der Waals surface area contributed by atoms with Crippen molar-refractivity contribution in [2.75, 3.05) is 0 Å². The summed E-state index contributed by atoms with van der Waals surface area (Å²) in [7, 11) is -2.43. The Bertz CT molecular complexity index is 1930. The molecular weight excluding hydrogens is 579 g/mol. The second-order valence-corrected chi connectivity index (χ2v) is 20.5. The van der Waals surface area contributed by atoms with Gasteiger partial charge in [-0.1, -0.05) is 132 Å². The quantitative estimate of drug-likeness (QED) is 0.174. The summed E-state index contributed by atoms with van der Waals surface area (Å²) >= 11 is 2.05. The molecule has 3 heteroatoms. The third-order valence-electron chi connectivity index (χ3n) is 10.6. The summed E-state index contributed by atoms with van der Waals surface area (Å²) in [5.74, 6) is 0. The number of aryl methyl sites for hydroxylation is 1. The molecule has 1 aliphatic rings. The SMILES string of the molecule is Cc1c([Si](c2ccccc2)(c2ccccc2)C2CCC(C)(C)CC2)sc2c(-c3cc(C(C)(C)C)c4ccccc4c3)nccc12. The standard InChI is InChI=1S/C42H45NSSi/c1-29-35-23-26-43-38(31-27-30-15-13-14-20-36(30)37(28-31)41(2,3)4)39(35)44-40(29)45(32-16-9-7-10-17-32,33-18-11-8-12-19-33)34-21-24-42(5,6)25-22-34/h7-20,23,26-28,34H,21-22,24-25H2,1-6H3. The maximum Gasteiger partial charge on any atom is 0.163 e. The van der Waals surface area contributed by atoms with E-state index in [1.54, 1.807) is 14.9 Å². The normalized spacial score (nSPS) is 16.0. The minimum Gasteiger partial charge on any atom is -0.255 e. The number of pyridine rings is 1. The molecule has 4 aromatic carbocycles. The highest BCUT2D eigenvalue weighted by atomic mass is 32.1. The van der Waals surface area contributed by atoms with Gasteiger partial charge in [0.25, 0.3) is 0 Å². The molecule has 1 nitrogen and oxygen atoms in total. The molecule has 0 unspecified atom stereocenters. The third-order valence-corrected chi connectivity index (χ3v) is 18.3. The van der Waals surface area contributed by atoms with Gasteiger partial charge in [0.15, 0.2) is 8.07 Å². The van der Waals surface area contributed by atoms with Crippen molar-refractivity contribution in [2.45, 2.75) is 78.2 Å². The molecular formula is C42H45NSSi. The minimum atomic E-state index is -2.43. The highest BCUT2D eigenvalue weighted by Gasteiger charge is 2.50. The zero-order valence-corrected chi connectivity index (χ0v) is 29.5. The van der Waals surface area contributed by atoms with Crippen LogP contribution in [0.4, 0.5) is 0 Å². The zero-order valence-electron chi connectivity index (χ0n) is 27.7. The van der Waals surface area contributed by atoms with E-state index in [1.165, 1.54) is 63.2 Å². The first kappa shape index (κ1) is 30.1. The summed E-state index contributed by atoms with van der Waals surface area (Å²) < 4.78 is 2.95. The summed E-state index contributed by atoms with van der Waals surface area (Å²) in [6, 6.07) is 39.1. The van der Waals surface area contributed by atoms with Crippen LogP contribution in [0, 0.1) is 12.3 Å². The lowest BCUT2D eigenvalue weighted by Gasteiger charge is -2.45. The number of thiophene rings is 1. The predicted octanol–water partition coefficient (Wildman–Crippen LogP) is 10.2. The predicted molar refractivity (Wildman–Crippen MR) is 200 cm³/mol. The van der Waals surface area contributed by atoms with Crippen LogP contribution in [0.5, 0.6) is 0 Å². The largest absolute Gasteiger partial charge is 0.255 e. The lowest BCUT2D eigenvalue weighted by molar-refractivity contribution is 0.243. The van der Waals surface area contributed by atoms with Crippen LogP contribution in [0.2, 0.25) is 5.54 Å². The Hall–Kier alpha value is -3.53. The molecule has 0 aliphatic heterocycles. The Morgan fingerprint density at radius 1 is 0.756 bits per heavy atom. The van der Waals surface area contributed by atoms with E-state index in [-0.39, 0.29) is 5.41 Å². The van der Waals surface area contributed by atoms with Crippen molar-refractivity contribution in [3.8, 4) is 11.3 Å². The van der Waals surface area contributed by atoms with Crippen LogP contribution in [-0.4, -0.2) is 13.1 Å². The molecule has 0 radical (unpaired) electrons. The molecule has 6 aromatic rings. The molecule has 0 spiro atoms. The van der Waals surface area contributed by atoms with Crippen molar-refractivity contribution < 1.29 is 0 Å². The number of nitrogens with zero attached hydrogens (tertiary/aromatic N) is 1. The fourth-order valence-electron chi connectivity index (χ4n) is 8.12. The topological polar surface area (TPSA) is 12.9 Å². The van der Waals surface area contributed by atoms with Crippen LogP contribution in [0.1, 0.15) is 71.4 Å². The van der Waals surface area contributed by atoms with Gasteiger partial charge >= 0.3 is 0 Å². The van der Waals surface area contributed by atoms with E-state index in [1.807, 2.05) is 6.20 Å². The van der Waals surface area contributed by atoms with Crippen LogP contribution in [0.3, 0.4) is 0 Å². The van der Waals surface area contributed by atoms with Gasteiger partial charge in [0, 0.05) is 16.3 Å². The molecule has 1 fully saturated rings. The molecule has 1 saturated carbocycles. The van der Waals surface area contributed by atoms with Crippen LogP contribution < -0.4 is 14.9 Å². The molecule has 0 bridgehead atoms. The summed E-state index contributed by atoms with van der Waals surface area (Å²) in [6.07, 6.45) is 7.18. The van der Waals surface area contributed by atoms with Crippen molar-refractivity contribution in [2.24, 2.45) is 5.41 Å². The zero-order chi connectivity index (χ0) is 31.4. The van der Waals surface area contributed by atoms with E-state index < -0.39 is 8.07 Å². The van der Waals surface area contributed by atoms with Gasteiger partial charge in [0.2, 0.25) is 0 Å². The monoisotopic (exact) mass is 623 g/mol. The fourth-order valence-corrected chi connectivity index (χ4v) is 16.8. The van der Waals surface area contributed by atoms with Crippen molar-refractivity contribution in [1.29, 1.82) is 0 Å². The molecule has 2 aromatic heterocycles. The van der Waals surface area contributed by atoms with Gasteiger partial charge in [-0.15, -0.1) is 11.3 Å². The van der Waals surface area contributed by atoms with Gasteiger partial charge in [-0.2, -0.15) is 0 Å². The molecule has 0 N–H and O–H groups in total. The Morgan fingerprint density at radius 2 is 1.36 bits per heavy atom. The Morgan fingerprint density at radius 3 is 1.98 bits per heavy atom. The Labute approximate surface area is 274 Å². The van der Waals surface area contributed by atoms with E-state index in [4.69, 9.17) is 4.98 Å². The number of fused-ring (bicyclic) bond motifs is 2. The van der Waals surface area contributed by atoms with E-state index in [2.05, 4.69) is 156 Å². The van der Waals surface area contributed by atoms with Gasteiger partial charge in [-0.3, -0.25) is 4.98 Å². The highest BCUT2D eigenvalue weighted by molar-refractivity contribution is 7.37. The lowest BCUT2D eigenvalue weighted by Crippen LogP contribution is -2.70. The summed E-state index contributed by atoms with van der Waals surface area (Å²) in [4.78, 5) is 5.15. The maximum atomic E-state index is 5.15. The van der Waals surface area contributed by atoms with E-state index >= 15 is 0 Å². The third kappa shape index (κ3) is 5.18. The van der Waals surface area contributed by atoms with Crippen molar-refractivity contribution >= 4 is 55.1 Å². The van der Waals surface area contributed by atoms with Gasteiger partial charge in [-0.05, 0) is 92.0 Å². The average molecular weight is 624 g/mol. The van der Waals surface area contributed by atoms with Crippen molar-refractivity contribution in [3.05, 3.63) is 120 Å². The van der Waals surface area contributed by atoms with Crippen LogP contribution in [0.25, 0.3) is 32.1 Å². The molecule has 0 saturated heterocycles. The first-order valence-electron chi connectivity index (χ1n) is 16.6. The van der Waals surface area contributed by atoms with Gasteiger partial charge in [0.1, 0.15) is 0 Å². The highest BCUT2D eigenvalue weighted by Crippen LogP contribution is 2.47. The van der Waals surface area contributed by atoms with Crippen molar-refractivity contribution in [3.63, 3.8) is 0 Å². The minimum absolute atomic E-state index is 0.0253. The first-order valence-corrected chi connectivity index (χ1v) is 19.5. The smallest absolute Gasteiger partial charge is 0.163 e. The van der Waals surface area contributed by atoms with E-state index in [0.717, 1.165) is 5.69 Å². The van der Waals surface area contributed by atoms with Crippen LogP contribution in [0.15, 0.2) is 109 Å². The Kier molecular flexibility index (Phi) is 7.61. The number of hydrogen-bond donors (Lipinski definition) is 0. The first-order chi connectivity index (χ1) is 21.6. The summed E-state index contributed by atoms with van der Waals surface area (Å²) in [6.45, 7) is 14.3. The molecule has 1 aliphatic carbocycles. The van der Waals surface area contributed by atoms with E-state index in [0.29, 0.717) is 11.0 Å². The maximum absolute atomic E-state index is 5.15. The van der Waals surface area contributed by atoms with Crippen LogP contribution >= 0.6 is 11.3 Å². The van der Waals surface area contributed by atoms with Crippen molar-refractivity contribution in [1.82, 2.24) is 4.98 Å². The Balaban J connectivity index is 1.52. The molecule has 2 heterocycles. The second-order valence-electron chi connectivity index (χ2n) is 15.1. The second kappa shape index (κ2) is 11.4. The van der Waals surface area contributed by atoms with E-state index in [9.17, 15) is 0 Å². The molecule has 45 heavy (non-hydrogen) atoms. The summed E-state index contributed by atoms with van der Waals surface area (Å²) in [5.41, 5.74) is 6.27. The summed E-state index contributed by atoms with van der Waals surface area (Å²) in [5, 5.41) is 7.08. The van der Waals surface area contributed by atoms with Gasteiger partial charge in [-0.25, -0.2) is 0 Å². The van der Waals surface area contributed by atoms with Gasteiger partial charge < -0.3 is 0 Å². The number of rotatable bonds is 5. The number of aromatic nitrogens is 1. The molecule has 0 amide bonds. The average Bonchev–Trinajstić information content (AvgIpc) is 3.38. The van der Waals surface area contributed by atoms with Gasteiger partial charge in [0.05, 0.1) is 10.4 Å². The fraction of sp³-hybridized carbons (Fsp3) is 0.310. The lowest BCUT2D eigenvalue weighted by atomic mass is 9.77. The number of hydrogen-bond acceptors (Lipinski definition) is 2. The molecule has 0 atom stereocenters. The van der Waals surface area contributed by atoms with Crippen LogP contribution in [-0.2, 0) is 5.41 Å². The molecule has 7 rings (SSSR count). The number of benzene rings is 4.